The highest BCUT2D eigenvalue weighted by molar-refractivity contribution is 6.35. The van der Waals surface area contributed by atoms with Gasteiger partial charge in [0, 0.05) is 5.92 Å². The molecule has 2 nitrogen and oxygen atoms in total. The van der Waals surface area contributed by atoms with E-state index in [1.165, 1.54) is 0 Å². The van der Waals surface area contributed by atoms with Gasteiger partial charge in [0.05, 0.1) is 10.4 Å². The van der Waals surface area contributed by atoms with E-state index in [2.05, 4.69) is 0 Å². The van der Waals surface area contributed by atoms with Gasteiger partial charge in [-0.15, -0.1) is 0 Å². The Morgan fingerprint density at radius 1 is 1.33 bits per heavy atom. The molecule has 0 aliphatic carbocycles. The maximum atomic E-state index is 11.7. The van der Waals surface area contributed by atoms with Crippen LogP contribution in [-0.2, 0) is 0 Å². The molecule has 1 aromatic heterocycles. The third kappa shape index (κ3) is 1.77. The van der Waals surface area contributed by atoms with E-state index in [0.29, 0.717) is 16.2 Å². The molecule has 3 heteroatoms. The van der Waals surface area contributed by atoms with Gasteiger partial charge in [-0.3, -0.25) is 0 Å². The molecule has 0 spiro atoms. The van der Waals surface area contributed by atoms with Crippen LogP contribution in [-0.4, -0.2) is 0 Å². The lowest BCUT2D eigenvalue weighted by Crippen LogP contribution is -2.03. The lowest BCUT2D eigenvalue weighted by Gasteiger charge is -2.05. The van der Waals surface area contributed by atoms with Gasteiger partial charge in [-0.1, -0.05) is 37.6 Å². The number of fused-ring (bicyclic) bond motifs is 1. The number of benzene rings is 1. The van der Waals surface area contributed by atoms with Crippen molar-refractivity contribution < 1.29 is 4.42 Å². The van der Waals surface area contributed by atoms with Crippen molar-refractivity contribution in [2.45, 2.75) is 19.8 Å². The Bertz CT molecular complexity index is 555. The molecular formula is C12H11ClO2. The van der Waals surface area contributed by atoms with E-state index in [4.69, 9.17) is 16.0 Å². The zero-order chi connectivity index (χ0) is 11.0. The van der Waals surface area contributed by atoms with Crippen LogP contribution in [0.1, 0.15) is 25.5 Å². The van der Waals surface area contributed by atoms with Gasteiger partial charge in [-0.25, -0.2) is 4.79 Å². The van der Waals surface area contributed by atoms with Crippen LogP contribution in [0.5, 0.6) is 0 Å². The van der Waals surface area contributed by atoms with Gasteiger partial charge in [-0.2, -0.15) is 0 Å². The molecule has 0 fully saturated rings. The van der Waals surface area contributed by atoms with Crippen molar-refractivity contribution in [1.29, 1.82) is 0 Å². The van der Waals surface area contributed by atoms with Gasteiger partial charge in [0.15, 0.2) is 0 Å². The smallest absolute Gasteiger partial charge is 0.345 e. The van der Waals surface area contributed by atoms with E-state index < -0.39 is 0 Å². The molecule has 0 aliphatic heterocycles. The van der Waals surface area contributed by atoms with Gasteiger partial charge in [0.25, 0.3) is 0 Å². The minimum atomic E-state index is -0.359. The molecule has 0 bridgehead atoms. The third-order valence-electron chi connectivity index (χ3n) is 2.33. The zero-order valence-electron chi connectivity index (χ0n) is 8.58. The Labute approximate surface area is 92.5 Å². The highest BCUT2D eigenvalue weighted by Gasteiger charge is 2.09. The van der Waals surface area contributed by atoms with E-state index in [1.54, 1.807) is 6.07 Å². The number of halogens is 1. The predicted molar refractivity (Wildman–Crippen MR) is 61.6 cm³/mol. The first-order valence-corrected chi connectivity index (χ1v) is 5.19. The summed E-state index contributed by atoms with van der Waals surface area (Å²) in [6, 6.07) is 7.25. The van der Waals surface area contributed by atoms with Crippen molar-refractivity contribution in [2.75, 3.05) is 0 Å². The first-order chi connectivity index (χ1) is 7.09. The molecule has 2 rings (SSSR count). The highest BCUT2D eigenvalue weighted by atomic mass is 35.5. The number of hydrogen-bond acceptors (Lipinski definition) is 2. The van der Waals surface area contributed by atoms with Crippen LogP contribution >= 0.6 is 11.6 Å². The maximum Gasteiger partial charge on any atom is 0.345 e. The molecular weight excluding hydrogens is 212 g/mol. The molecule has 0 amide bonds. The summed E-state index contributed by atoms with van der Waals surface area (Å²) in [7, 11) is 0. The van der Waals surface area contributed by atoms with Crippen LogP contribution in [0.15, 0.2) is 33.5 Å². The van der Waals surface area contributed by atoms with E-state index in [9.17, 15) is 4.79 Å². The molecule has 78 valence electrons. The summed E-state index contributed by atoms with van der Waals surface area (Å²) < 4.78 is 5.19. The zero-order valence-corrected chi connectivity index (χ0v) is 9.34. The van der Waals surface area contributed by atoms with Crippen molar-refractivity contribution in [3.05, 3.63) is 45.5 Å². The van der Waals surface area contributed by atoms with Crippen molar-refractivity contribution in [1.82, 2.24) is 0 Å². The predicted octanol–water partition coefficient (Wildman–Crippen LogP) is 3.57. The fourth-order valence-corrected chi connectivity index (χ4v) is 1.76. The molecule has 0 unspecified atom stereocenters. The second-order valence-electron chi connectivity index (χ2n) is 3.79. The molecule has 2 aromatic rings. The molecule has 0 saturated carbocycles. The van der Waals surface area contributed by atoms with Gasteiger partial charge in [-0.05, 0) is 17.5 Å². The van der Waals surface area contributed by atoms with E-state index in [0.717, 1.165) is 5.39 Å². The average molecular weight is 223 g/mol. The second-order valence-corrected chi connectivity index (χ2v) is 4.20. The fraction of sp³-hybridized carbons (Fsp3) is 0.250. The number of hydrogen-bond donors (Lipinski definition) is 0. The van der Waals surface area contributed by atoms with Crippen molar-refractivity contribution in [3.8, 4) is 0 Å². The summed E-state index contributed by atoms with van der Waals surface area (Å²) in [5.74, 6) is 0.885. The van der Waals surface area contributed by atoms with Gasteiger partial charge in [0.2, 0.25) is 0 Å². The largest absolute Gasteiger partial charge is 0.427 e. The minimum Gasteiger partial charge on any atom is -0.427 e. The SMILES string of the molecule is CC(C)c1cc2cccc(Cl)c2c(=O)o1. The lowest BCUT2D eigenvalue weighted by atomic mass is 10.1. The van der Waals surface area contributed by atoms with Crippen LogP contribution in [0.2, 0.25) is 5.02 Å². The van der Waals surface area contributed by atoms with Crippen LogP contribution in [0.4, 0.5) is 0 Å². The standard InChI is InChI=1S/C12H11ClO2/c1-7(2)10-6-8-4-3-5-9(13)11(8)12(14)15-10/h3-7H,1-2H3. The second kappa shape index (κ2) is 3.70. The van der Waals surface area contributed by atoms with Crippen molar-refractivity contribution in [2.24, 2.45) is 0 Å². The summed E-state index contributed by atoms with van der Waals surface area (Å²) in [6.07, 6.45) is 0. The van der Waals surface area contributed by atoms with E-state index in [-0.39, 0.29) is 11.5 Å². The van der Waals surface area contributed by atoms with Crippen molar-refractivity contribution in [3.63, 3.8) is 0 Å². The van der Waals surface area contributed by atoms with Crippen LogP contribution in [0, 0.1) is 0 Å². The van der Waals surface area contributed by atoms with Crippen molar-refractivity contribution >= 4 is 22.4 Å². The summed E-state index contributed by atoms with van der Waals surface area (Å²) in [4.78, 5) is 11.7. The Morgan fingerprint density at radius 3 is 2.73 bits per heavy atom. The third-order valence-corrected chi connectivity index (χ3v) is 2.64. The van der Waals surface area contributed by atoms with E-state index in [1.807, 2.05) is 32.0 Å². The van der Waals surface area contributed by atoms with Crippen LogP contribution in [0.25, 0.3) is 10.8 Å². The quantitative estimate of drug-likeness (QED) is 0.739. The normalized spacial score (nSPS) is 11.2. The highest BCUT2D eigenvalue weighted by Crippen LogP contribution is 2.23. The molecule has 0 saturated heterocycles. The average Bonchev–Trinajstić information content (AvgIpc) is 2.17. The Kier molecular flexibility index (Phi) is 2.53. The summed E-state index contributed by atoms with van der Waals surface area (Å²) in [5, 5.41) is 1.74. The number of rotatable bonds is 1. The summed E-state index contributed by atoms with van der Waals surface area (Å²) in [6.45, 7) is 3.96. The molecule has 15 heavy (non-hydrogen) atoms. The Hall–Kier alpha value is -1.28. The van der Waals surface area contributed by atoms with Crippen LogP contribution < -0.4 is 5.63 Å². The monoisotopic (exact) mass is 222 g/mol. The first-order valence-electron chi connectivity index (χ1n) is 4.82. The van der Waals surface area contributed by atoms with Crippen LogP contribution in [0.3, 0.4) is 0 Å². The fourth-order valence-electron chi connectivity index (χ4n) is 1.50. The topological polar surface area (TPSA) is 30.2 Å². The summed E-state index contributed by atoms with van der Waals surface area (Å²) >= 11 is 5.93. The molecule has 0 N–H and O–H groups in total. The molecule has 1 heterocycles. The molecule has 0 aliphatic rings. The first kappa shape index (κ1) is 10.2. The maximum absolute atomic E-state index is 11.7. The Morgan fingerprint density at radius 2 is 2.07 bits per heavy atom. The van der Waals surface area contributed by atoms with Gasteiger partial charge in [0.1, 0.15) is 5.76 Å². The summed E-state index contributed by atoms with van der Waals surface area (Å²) in [5.41, 5.74) is -0.359. The molecule has 0 atom stereocenters. The Balaban J connectivity index is 2.85. The van der Waals surface area contributed by atoms with Gasteiger partial charge < -0.3 is 4.42 Å². The van der Waals surface area contributed by atoms with E-state index >= 15 is 0 Å². The minimum absolute atomic E-state index is 0.195. The molecule has 0 radical (unpaired) electrons. The van der Waals surface area contributed by atoms with Gasteiger partial charge >= 0.3 is 5.63 Å². The molecule has 1 aromatic carbocycles. The lowest BCUT2D eigenvalue weighted by molar-refractivity contribution is 0.447.